The predicted molar refractivity (Wildman–Crippen MR) is 87.5 cm³/mol. The number of urea groups is 1. The maximum Gasteiger partial charge on any atom is 0.319 e. The topological polar surface area (TPSA) is 53.2 Å². The van der Waals surface area contributed by atoms with Crippen LogP contribution >= 0.6 is 0 Å². The largest absolute Gasteiger partial charge is 0.338 e. The zero-order chi connectivity index (χ0) is 15.1. The maximum atomic E-state index is 11.9. The molecule has 0 heterocycles. The number of benzene rings is 1. The molecule has 21 heavy (non-hydrogen) atoms. The van der Waals surface area contributed by atoms with Crippen molar-refractivity contribution in [3.05, 3.63) is 29.8 Å². The molecule has 3 N–H and O–H groups in total. The van der Waals surface area contributed by atoms with Crippen LogP contribution in [-0.4, -0.2) is 19.1 Å². The van der Waals surface area contributed by atoms with Gasteiger partial charge in [-0.3, -0.25) is 0 Å². The maximum absolute atomic E-state index is 11.9. The average molecular weight is 289 g/mol. The molecule has 1 saturated carbocycles. The first-order valence-electron chi connectivity index (χ1n) is 8.07. The summed E-state index contributed by atoms with van der Waals surface area (Å²) in [4.78, 5) is 11.9. The molecule has 1 aromatic rings. The van der Waals surface area contributed by atoms with Crippen molar-refractivity contribution in [1.29, 1.82) is 0 Å². The van der Waals surface area contributed by atoms with Gasteiger partial charge < -0.3 is 16.0 Å². The van der Waals surface area contributed by atoms with Gasteiger partial charge in [-0.15, -0.1) is 0 Å². The minimum atomic E-state index is -0.102. The lowest BCUT2D eigenvalue weighted by molar-refractivity contribution is 0.250. The Bertz CT molecular complexity index is 455. The highest BCUT2D eigenvalue weighted by Gasteiger charge is 2.15. The van der Waals surface area contributed by atoms with Crippen molar-refractivity contribution in [1.82, 2.24) is 10.6 Å². The van der Waals surface area contributed by atoms with Gasteiger partial charge in [-0.25, -0.2) is 4.79 Å². The molecular formula is C17H27N3O. The number of hydrogen-bond donors (Lipinski definition) is 3. The van der Waals surface area contributed by atoms with Gasteiger partial charge in [0.05, 0.1) is 0 Å². The SMILES string of the molecule is CCNC(C)c1cccc(NC(=O)NCC2CCCC2)c1. The highest BCUT2D eigenvalue weighted by atomic mass is 16.2. The molecule has 2 amide bonds. The van der Waals surface area contributed by atoms with Crippen LogP contribution in [0.25, 0.3) is 0 Å². The van der Waals surface area contributed by atoms with Crippen molar-refractivity contribution in [2.24, 2.45) is 5.92 Å². The van der Waals surface area contributed by atoms with Crippen LogP contribution in [0.1, 0.15) is 51.1 Å². The van der Waals surface area contributed by atoms with Crippen LogP contribution in [0.5, 0.6) is 0 Å². The predicted octanol–water partition coefficient (Wildman–Crippen LogP) is 3.67. The molecule has 0 aliphatic heterocycles. The monoisotopic (exact) mass is 289 g/mol. The minimum Gasteiger partial charge on any atom is -0.338 e. The van der Waals surface area contributed by atoms with E-state index in [-0.39, 0.29) is 6.03 Å². The first kappa shape index (κ1) is 15.8. The Morgan fingerprint density at radius 3 is 2.81 bits per heavy atom. The van der Waals surface area contributed by atoms with Crippen molar-refractivity contribution in [2.75, 3.05) is 18.4 Å². The number of carbonyl (C=O) groups is 1. The van der Waals surface area contributed by atoms with Gasteiger partial charge in [0, 0.05) is 18.3 Å². The molecule has 0 spiro atoms. The summed E-state index contributed by atoms with van der Waals surface area (Å²) in [6, 6.07) is 8.21. The molecule has 4 heteroatoms. The van der Waals surface area contributed by atoms with E-state index in [0.717, 1.165) is 18.8 Å². The number of hydrogen-bond acceptors (Lipinski definition) is 2. The molecule has 1 unspecified atom stereocenters. The number of amides is 2. The van der Waals surface area contributed by atoms with Crippen molar-refractivity contribution in [3.8, 4) is 0 Å². The lowest BCUT2D eigenvalue weighted by Gasteiger charge is -2.15. The van der Waals surface area contributed by atoms with Crippen LogP contribution in [-0.2, 0) is 0 Å². The second kappa shape index (κ2) is 8.03. The van der Waals surface area contributed by atoms with E-state index in [0.29, 0.717) is 12.0 Å². The summed E-state index contributed by atoms with van der Waals surface area (Å²) in [7, 11) is 0. The number of carbonyl (C=O) groups excluding carboxylic acids is 1. The van der Waals surface area contributed by atoms with Crippen LogP contribution in [0.2, 0.25) is 0 Å². The summed E-state index contributed by atoms with van der Waals surface area (Å²) in [5.41, 5.74) is 2.03. The van der Waals surface area contributed by atoms with Crippen LogP contribution < -0.4 is 16.0 Å². The molecule has 2 rings (SSSR count). The molecule has 0 radical (unpaired) electrons. The van der Waals surface area contributed by atoms with E-state index in [9.17, 15) is 4.79 Å². The Labute approximate surface area is 127 Å². The summed E-state index contributed by atoms with van der Waals surface area (Å²) in [5, 5.41) is 9.28. The first-order chi connectivity index (χ1) is 10.2. The molecule has 0 saturated heterocycles. The Morgan fingerprint density at radius 2 is 2.10 bits per heavy atom. The zero-order valence-electron chi connectivity index (χ0n) is 13.1. The summed E-state index contributed by atoms with van der Waals surface area (Å²) in [6.07, 6.45) is 5.10. The lowest BCUT2D eigenvalue weighted by atomic mass is 10.1. The number of nitrogens with one attached hydrogen (secondary N) is 3. The van der Waals surface area contributed by atoms with E-state index in [1.165, 1.54) is 31.2 Å². The number of rotatable bonds is 6. The molecular weight excluding hydrogens is 262 g/mol. The van der Waals surface area contributed by atoms with E-state index in [4.69, 9.17) is 0 Å². The van der Waals surface area contributed by atoms with Crippen molar-refractivity contribution in [3.63, 3.8) is 0 Å². The van der Waals surface area contributed by atoms with Gasteiger partial charge in [0.2, 0.25) is 0 Å². The molecule has 1 aromatic carbocycles. The third-order valence-electron chi connectivity index (χ3n) is 4.18. The fourth-order valence-corrected chi connectivity index (χ4v) is 2.94. The second-order valence-corrected chi connectivity index (χ2v) is 5.89. The highest BCUT2D eigenvalue weighted by Crippen LogP contribution is 2.23. The molecule has 0 bridgehead atoms. The quantitative estimate of drug-likeness (QED) is 0.748. The fourth-order valence-electron chi connectivity index (χ4n) is 2.94. The van der Waals surface area contributed by atoms with Crippen molar-refractivity contribution in [2.45, 2.75) is 45.6 Å². The Morgan fingerprint density at radius 1 is 1.33 bits per heavy atom. The van der Waals surface area contributed by atoms with E-state index in [1.54, 1.807) is 0 Å². The Kier molecular flexibility index (Phi) is 6.05. The summed E-state index contributed by atoms with van der Waals surface area (Å²) < 4.78 is 0. The van der Waals surface area contributed by atoms with E-state index < -0.39 is 0 Å². The molecule has 1 atom stereocenters. The van der Waals surface area contributed by atoms with E-state index >= 15 is 0 Å². The minimum absolute atomic E-state index is 0.102. The smallest absolute Gasteiger partial charge is 0.319 e. The van der Waals surface area contributed by atoms with Gasteiger partial charge in [0.1, 0.15) is 0 Å². The second-order valence-electron chi connectivity index (χ2n) is 5.89. The lowest BCUT2D eigenvalue weighted by Crippen LogP contribution is -2.32. The van der Waals surface area contributed by atoms with Gasteiger partial charge in [0.15, 0.2) is 0 Å². The van der Waals surface area contributed by atoms with Gasteiger partial charge >= 0.3 is 6.03 Å². The van der Waals surface area contributed by atoms with E-state index in [1.807, 2.05) is 18.2 Å². The fraction of sp³-hybridized carbons (Fsp3) is 0.588. The molecule has 1 aliphatic rings. The standard InChI is InChI=1S/C17H27N3O/c1-3-18-13(2)15-9-6-10-16(11-15)20-17(21)19-12-14-7-4-5-8-14/h6,9-11,13-14,18H,3-5,7-8,12H2,1-2H3,(H2,19,20,21). The van der Waals surface area contributed by atoms with Gasteiger partial charge in [-0.05, 0) is 49.9 Å². The zero-order valence-corrected chi connectivity index (χ0v) is 13.1. The van der Waals surface area contributed by atoms with Crippen molar-refractivity contribution < 1.29 is 4.79 Å². The Hall–Kier alpha value is -1.55. The molecule has 0 aromatic heterocycles. The number of anilines is 1. The van der Waals surface area contributed by atoms with Crippen LogP contribution in [0.4, 0.5) is 10.5 Å². The molecule has 116 valence electrons. The average Bonchev–Trinajstić information content (AvgIpc) is 2.99. The van der Waals surface area contributed by atoms with E-state index in [2.05, 4.69) is 35.9 Å². The molecule has 1 fully saturated rings. The van der Waals surface area contributed by atoms with Crippen LogP contribution in [0.3, 0.4) is 0 Å². The van der Waals surface area contributed by atoms with Crippen LogP contribution in [0, 0.1) is 5.92 Å². The van der Waals surface area contributed by atoms with Crippen molar-refractivity contribution >= 4 is 11.7 Å². The summed E-state index contributed by atoms with van der Waals surface area (Å²) >= 11 is 0. The summed E-state index contributed by atoms with van der Waals surface area (Å²) in [6.45, 7) is 5.94. The normalized spacial score (nSPS) is 16.7. The van der Waals surface area contributed by atoms with Gasteiger partial charge in [-0.2, -0.15) is 0 Å². The summed E-state index contributed by atoms with van der Waals surface area (Å²) in [5.74, 6) is 0.663. The van der Waals surface area contributed by atoms with Crippen LogP contribution in [0.15, 0.2) is 24.3 Å². The highest BCUT2D eigenvalue weighted by molar-refractivity contribution is 5.89. The third-order valence-corrected chi connectivity index (χ3v) is 4.18. The van der Waals surface area contributed by atoms with Gasteiger partial charge in [-0.1, -0.05) is 31.9 Å². The molecule has 4 nitrogen and oxygen atoms in total. The Balaban J connectivity index is 1.83. The third kappa shape index (κ3) is 5.05. The first-order valence-corrected chi connectivity index (χ1v) is 8.07. The van der Waals surface area contributed by atoms with Gasteiger partial charge in [0.25, 0.3) is 0 Å². The molecule has 1 aliphatic carbocycles.